The standard InChI is InChI=1S/C19H16ClN3OS/c1-11-18(15-9-12(20)3-8-16(15)21-11)17-10-25-19(23-17)22-13-4-6-14(24-2)7-5-13/h3-10,21H,1-2H3,(H,22,23). The minimum atomic E-state index is 0.722. The van der Waals surface area contributed by atoms with Crippen molar-refractivity contribution in [1.82, 2.24) is 9.97 Å². The van der Waals surface area contributed by atoms with Gasteiger partial charge in [0.15, 0.2) is 5.13 Å². The summed E-state index contributed by atoms with van der Waals surface area (Å²) in [6.07, 6.45) is 0. The van der Waals surface area contributed by atoms with E-state index >= 15 is 0 Å². The number of aryl methyl sites for hydroxylation is 1. The lowest BCUT2D eigenvalue weighted by molar-refractivity contribution is 0.415. The summed E-state index contributed by atoms with van der Waals surface area (Å²) >= 11 is 7.74. The molecule has 0 saturated heterocycles. The number of hydrogen-bond donors (Lipinski definition) is 2. The van der Waals surface area contributed by atoms with Gasteiger partial charge in [-0.05, 0) is 49.4 Å². The number of aromatic nitrogens is 2. The summed E-state index contributed by atoms with van der Waals surface area (Å²) in [6.45, 7) is 2.05. The third kappa shape index (κ3) is 3.08. The van der Waals surface area contributed by atoms with Crippen molar-refractivity contribution in [2.75, 3.05) is 12.4 Å². The Hall–Kier alpha value is -2.50. The van der Waals surface area contributed by atoms with Crippen molar-refractivity contribution in [1.29, 1.82) is 0 Å². The molecule has 2 N–H and O–H groups in total. The van der Waals surface area contributed by atoms with Crippen LogP contribution in [0.25, 0.3) is 22.2 Å². The molecule has 0 amide bonds. The minimum absolute atomic E-state index is 0.722. The maximum absolute atomic E-state index is 6.17. The van der Waals surface area contributed by atoms with Crippen LogP contribution in [0.15, 0.2) is 47.8 Å². The fourth-order valence-electron chi connectivity index (χ4n) is 2.87. The van der Waals surface area contributed by atoms with Gasteiger partial charge in [-0.1, -0.05) is 11.6 Å². The number of fused-ring (bicyclic) bond motifs is 1. The van der Waals surface area contributed by atoms with E-state index in [-0.39, 0.29) is 0 Å². The van der Waals surface area contributed by atoms with Gasteiger partial charge in [0, 0.05) is 38.3 Å². The summed E-state index contributed by atoms with van der Waals surface area (Å²) in [4.78, 5) is 8.14. The quantitative estimate of drug-likeness (QED) is 0.463. The lowest BCUT2D eigenvalue weighted by Crippen LogP contribution is -1.90. The first kappa shape index (κ1) is 16.0. The summed E-state index contributed by atoms with van der Waals surface area (Å²) in [5, 5.41) is 8.04. The molecule has 0 aliphatic rings. The molecule has 2 aromatic heterocycles. The molecule has 4 nitrogen and oxygen atoms in total. The number of benzene rings is 2. The topological polar surface area (TPSA) is 49.9 Å². The second-order valence-electron chi connectivity index (χ2n) is 5.71. The van der Waals surface area contributed by atoms with Gasteiger partial charge < -0.3 is 15.0 Å². The first-order valence-electron chi connectivity index (χ1n) is 7.79. The molecular formula is C19H16ClN3OS. The Morgan fingerprint density at radius 3 is 2.72 bits per heavy atom. The second-order valence-corrected chi connectivity index (χ2v) is 7.00. The van der Waals surface area contributed by atoms with E-state index in [1.54, 1.807) is 18.4 Å². The molecule has 0 saturated carbocycles. The Morgan fingerprint density at radius 2 is 1.96 bits per heavy atom. The molecule has 0 unspecified atom stereocenters. The number of halogens is 1. The van der Waals surface area contributed by atoms with Gasteiger partial charge in [0.25, 0.3) is 0 Å². The Morgan fingerprint density at radius 1 is 1.16 bits per heavy atom. The molecule has 25 heavy (non-hydrogen) atoms. The van der Waals surface area contributed by atoms with Crippen LogP contribution >= 0.6 is 22.9 Å². The summed E-state index contributed by atoms with van der Waals surface area (Å²) < 4.78 is 5.18. The smallest absolute Gasteiger partial charge is 0.187 e. The van der Waals surface area contributed by atoms with Gasteiger partial charge in [-0.2, -0.15) is 0 Å². The normalized spacial score (nSPS) is 11.0. The largest absolute Gasteiger partial charge is 0.497 e. The van der Waals surface area contributed by atoms with Crippen LogP contribution in [0.3, 0.4) is 0 Å². The fourth-order valence-corrected chi connectivity index (χ4v) is 3.77. The first-order valence-corrected chi connectivity index (χ1v) is 9.04. The molecule has 0 aliphatic carbocycles. The monoisotopic (exact) mass is 369 g/mol. The number of nitrogens with zero attached hydrogens (tertiary/aromatic N) is 1. The first-order chi connectivity index (χ1) is 12.1. The van der Waals surface area contributed by atoms with Crippen LogP contribution in [0, 0.1) is 6.92 Å². The number of thiazole rings is 1. The number of nitrogens with one attached hydrogen (secondary N) is 2. The van der Waals surface area contributed by atoms with Gasteiger partial charge in [-0.25, -0.2) is 4.98 Å². The van der Waals surface area contributed by atoms with Gasteiger partial charge in [0.1, 0.15) is 5.75 Å². The highest BCUT2D eigenvalue weighted by atomic mass is 35.5. The van der Waals surface area contributed by atoms with Gasteiger partial charge in [0.05, 0.1) is 12.8 Å². The van der Waals surface area contributed by atoms with Crippen molar-refractivity contribution in [2.24, 2.45) is 0 Å². The molecule has 0 spiro atoms. The van der Waals surface area contributed by atoms with Crippen molar-refractivity contribution in [3.63, 3.8) is 0 Å². The van der Waals surface area contributed by atoms with Crippen LogP contribution in [0.4, 0.5) is 10.8 Å². The number of hydrogen-bond acceptors (Lipinski definition) is 4. The van der Waals surface area contributed by atoms with Gasteiger partial charge >= 0.3 is 0 Å². The molecular weight excluding hydrogens is 354 g/mol. The van der Waals surface area contributed by atoms with E-state index < -0.39 is 0 Å². The molecule has 0 atom stereocenters. The number of ether oxygens (including phenoxy) is 1. The van der Waals surface area contributed by atoms with E-state index in [4.69, 9.17) is 21.3 Å². The highest BCUT2D eigenvalue weighted by molar-refractivity contribution is 7.14. The zero-order chi connectivity index (χ0) is 17.4. The van der Waals surface area contributed by atoms with Gasteiger partial charge in [-0.15, -0.1) is 11.3 Å². The number of anilines is 2. The fraction of sp³-hybridized carbons (Fsp3) is 0.105. The number of rotatable bonds is 4. The second kappa shape index (κ2) is 6.43. The summed E-state index contributed by atoms with van der Waals surface area (Å²) in [7, 11) is 1.66. The van der Waals surface area contributed by atoms with Crippen LogP contribution in [-0.2, 0) is 0 Å². The molecule has 2 heterocycles. The summed E-state index contributed by atoms with van der Waals surface area (Å²) in [5.74, 6) is 0.830. The maximum Gasteiger partial charge on any atom is 0.187 e. The highest BCUT2D eigenvalue weighted by Crippen LogP contribution is 2.35. The van der Waals surface area contributed by atoms with Crippen LogP contribution in [0.2, 0.25) is 5.02 Å². The third-order valence-electron chi connectivity index (χ3n) is 4.05. The van der Waals surface area contributed by atoms with E-state index in [2.05, 4.69) is 22.6 Å². The van der Waals surface area contributed by atoms with Crippen LogP contribution in [0.5, 0.6) is 5.75 Å². The highest BCUT2D eigenvalue weighted by Gasteiger charge is 2.14. The molecule has 0 bridgehead atoms. The SMILES string of the molecule is COc1ccc(Nc2nc(-c3c(C)[nH]c4ccc(Cl)cc34)cs2)cc1. The van der Waals surface area contributed by atoms with E-state index in [1.165, 1.54) is 0 Å². The van der Waals surface area contributed by atoms with E-state index in [0.29, 0.717) is 0 Å². The molecule has 126 valence electrons. The van der Waals surface area contributed by atoms with E-state index in [0.717, 1.165) is 49.4 Å². The summed E-state index contributed by atoms with van der Waals surface area (Å²) in [6, 6.07) is 13.6. The molecule has 0 aliphatic heterocycles. The Kier molecular flexibility index (Phi) is 4.11. The molecule has 4 aromatic rings. The molecule has 4 rings (SSSR count). The number of aromatic amines is 1. The zero-order valence-corrected chi connectivity index (χ0v) is 15.3. The molecule has 0 fully saturated rings. The molecule has 0 radical (unpaired) electrons. The third-order valence-corrected chi connectivity index (χ3v) is 5.04. The Labute approximate surface area is 154 Å². The van der Waals surface area contributed by atoms with Crippen molar-refractivity contribution in [2.45, 2.75) is 6.92 Å². The predicted molar refractivity (Wildman–Crippen MR) is 105 cm³/mol. The minimum Gasteiger partial charge on any atom is -0.497 e. The van der Waals surface area contributed by atoms with Crippen molar-refractivity contribution < 1.29 is 4.74 Å². The van der Waals surface area contributed by atoms with Crippen molar-refractivity contribution in [3.8, 4) is 17.0 Å². The number of methoxy groups -OCH3 is 1. The van der Waals surface area contributed by atoms with Crippen LogP contribution in [-0.4, -0.2) is 17.1 Å². The van der Waals surface area contributed by atoms with Crippen molar-refractivity contribution >= 4 is 44.7 Å². The van der Waals surface area contributed by atoms with Gasteiger partial charge in [-0.3, -0.25) is 0 Å². The summed E-state index contributed by atoms with van der Waals surface area (Å²) in [5.41, 5.74) is 5.15. The zero-order valence-electron chi connectivity index (χ0n) is 13.8. The molecule has 2 aromatic carbocycles. The Balaban J connectivity index is 1.67. The van der Waals surface area contributed by atoms with E-state index in [9.17, 15) is 0 Å². The maximum atomic E-state index is 6.17. The van der Waals surface area contributed by atoms with Crippen molar-refractivity contribution in [3.05, 3.63) is 58.6 Å². The lowest BCUT2D eigenvalue weighted by atomic mass is 10.1. The predicted octanol–water partition coefficient (Wildman–Crippen LogP) is 6.01. The van der Waals surface area contributed by atoms with Crippen LogP contribution in [0.1, 0.15) is 5.69 Å². The molecule has 6 heteroatoms. The van der Waals surface area contributed by atoms with E-state index in [1.807, 2.05) is 42.5 Å². The number of H-pyrrole nitrogens is 1. The Bertz CT molecular complexity index is 1040. The van der Waals surface area contributed by atoms with Crippen LogP contribution < -0.4 is 10.1 Å². The lowest BCUT2D eigenvalue weighted by Gasteiger charge is -2.04. The average molecular weight is 370 g/mol. The van der Waals surface area contributed by atoms with Gasteiger partial charge in [0.2, 0.25) is 0 Å². The average Bonchev–Trinajstić information content (AvgIpc) is 3.18.